The molecule has 0 N–H and O–H groups in total. The number of esters is 2. The van der Waals surface area contributed by atoms with Crippen LogP contribution >= 0.6 is 0 Å². The van der Waals surface area contributed by atoms with Crippen LogP contribution in [0.25, 0.3) is 0 Å². The summed E-state index contributed by atoms with van der Waals surface area (Å²) in [4.78, 5) is 36.1. The number of rotatable bonds is 6. The fourth-order valence-corrected chi connectivity index (χ4v) is 1.76. The SMILES string of the molecule is CCOC(=O)CN(C(=O)CC)c1ccccc1OC(C)=O. The molecule has 0 radical (unpaired) electrons. The summed E-state index contributed by atoms with van der Waals surface area (Å²) >= 11 is 0. The van der Waals surface area contributed by atoms with E-state index in [9.17, 15) is 14.4 Å². The van der Waals surface area contributed by atoms with E-state index in [1.54, 1.807) is 38.1 Å². The van der Waals surface area contributed by atoms with Gasteiger partial charge < -0.3 is 9.47 Å². The summed E-state index contributed by atoms with van der Waals surface area (Å²) in [6, 6.07) is 6.56. The minimum Gasteiger partial charge on any atom is -0.465 e. The van der Waals surface area contributed by atoms with Crippen LogP contribution in [0.2, 0.25) is 0 Å². The van der Waals surface area contributed by atoms with Crippen molar-refractivity contribution >= 4 is 23.5 Å². The van der Waals surface area contributed by atoms with Crippen molar-refractivity contribution in [2.45, 2.75) is 27.2 Å². The maximum Gasteiger partial charge on any atom is 0.326 e. The molecule has 1 aromatic rings. The number of amides is 1. The van der Waals surface area contributed by atoms with Crippen molar-refractivity contribution in [3.63, 3.8) is 0 Å². The van der Waals surface area contributed by atoms with Crippen molar-refractivity contribution in [3.05, 3.63) is 24.3 Å². The summed E-state index contributed by atoms with van der Waals surface area (Å²) in [7, 11) is 0. The lowest BCUT2D eigenvalue weighted by molar-refractivity contribution is -0.142. The van der Waals surface area contributed by atoms with Gasteiger partial charge in [0.2, 0.25) is 5.91 Å². The second-order valence-electron chi connectivity index (χ2n) is 4.20. The first kappa shape index (κ1) is 16.7. The number of anilines is 1. The van der Waals surface area contributed by atoms with Crippen molar-refractivity contribution in [1.82, 2.24) is 0 Å². The quantitative estimate of drug-likeness (QED) is 0.592. The summed E-state index contributed by atoms with van der Waals surface area (Å²) in [5.41, 5.74) is 0.368. The zero-order valence-electron chi connectivity index (χ0n) is 12.4. The van der Waals surface area contributed by atoms with E-state index < -0.39 is 11.9 Å². The van der Waals surface area contributed by atoms with Gasteiger partial charge in [-0.3, -0.25) is 19.3 Å². The van der Waals surface area contributed by atoms with Crippen LogP contribution in [-0.2, 0) is 19.1 Å². The van der Waals surface area contributed by atoms with Gasteiger partial charge in [-0.25, -0.2) is 0 Å². The first-order valence-electron chi connectivity index (χ1n) is 6.73. The van der Waals surface area contributed by atoms with Crippen LogP contribution in [0, 0.1) is 0 Å². The lowest BCUT2D eigenvalue weighted by Gasteiger charge is -2.23. The van der Waals surface area contributed by atoms with Gasteiger partial charge in [0.05, 0.1) is 12.3 Å². The van der Waals surface area contributed by atoms with Gasteiger partial charge in [-0.2, -0.15) is 0 Å². The highest BCUT2D eigenvalue weighted by atomic mass is 16.5. The molecule has 0 saturated heterocycles. The molecule has 0 fully saturated rings. The second kappa shape index (κ2) is 8.04. The van der Waals surface area contributed by atoms with Crippen LogP contribution in [0.4, 0.5) is 5.69 Å². The lowest BCUT2D eigenvalue weighted by Crippen LogP contribution is -2.36. The fraction of sp³-hybridized carbons (Fsp3) is 0.400. The summed E-state index contributed by atoms with van der Waals surface area (Å²) in [5.74, 6) is -1.04. The Hall–Kier alpha value is -2.37. The van der Waals surface area contributed by atoms with Gasteiger partial charge >= 0.3 is 11.9 Å². The minimum absolute atomic E-state index is 0.216. The predicted molar refractivity (Wildman–Crippen MR) is 77.0 cm³/mol. The third kappa shape index (κ3) is 4.91. The molecule has 0 aliphatic carbocycles. The van der Waals surface area contributed by atoms with E-state index in [-0.39, 0.29) is 31.2 Å². The van der Waals surface area contributed by atoms with E-state index in [0.717, 1.165) is 0 Å². The van der Waals surface area contributed by atoms with Crippen molar-refractivity contribution in [3.8, 4) is 5.75 Å². The van der Waals surface area contributed by atoms with E-state index in [0.29, 0.717) is 5.69 Å². The maximum atomic E-state index is 12.1. The van der Waals surface area contributed by atoms with Crippen LogP contribution in [0.15, 0.2) is 24.3 Å². The van der Waals surface area contributed by atoms with E-state index in [2.05, 4.69) is 0 Å². The zero-order valence-corrected chi connectivity index (χ0v) is 12.4. The second-order valence-corrected chi connectivity index (χ2v) is 4.20. The van der Waals surface area contributed by atoms with E-state index >= 15 is 0 Å². The minimum atomic E-state index is -0.517. The molecule has 0 aromatic heterocycles. The zero-order chi connectivity index (χ0) is 15.8. The Kier molecular flexibility index (Phi) is 6.39. The van der Waals surface area contributed by atoms with Crippen LogP contribution in [-0.4, -0.2) is 31.0 Å². The molecule has 0 atom stereocenters. The molecule has 0 aliphatic rings. The van der Waals surface area contributed by atoms with Gasteiger partial charge in [0.1, 0.15) is 6.54 Å². The van der Waals surface area contributed by atoms with Crippen molar-refractivity contribution < 1.29 is 23.9 Å². The average Bonchev–Trinajstić information content (AvgIpc) is 2.44. The number of benzene rings is 1. The van der Waals surface area contributed by atoms with Crippen LogP contribution in [0.5, 0.6) is 5.75 Å². The molecule has 21 heavy (non-hydrogen) atoms. The number of carbonyl (C=O) groups excluding carboxylic acids is 3. The third-order valence-corrected chi connectivity index (χ3v) is 2.61. The Morgan fingerprint density at radius 2 is 1.81 bits per heavy atom. The Bertz CT molecular complexity index is 527. The summed E-state index contributed by atoms with van der Waals surface area (Å²) in [6.07, 6.45) is 0.216. The van der Waals surface area contributed by atoms with Crippen LogP contribution in [0.1, 0.15) is 27.2 Å². The Morgan fingerprint density at radius 1 is 1.14 bits per heavy atom. The first-order valence-corrected chi connectivity index (χ1v) is 6.73. The maximum absolute atomic E-state index is 12.1. The third-order valence-electron chi connectivity index (χ3n) is 2.61. The van der Waals surface area contributed by atoms with Gasteiger partial charge in [0, 0.05) is 13.3 Å². The number of nitrogens with zero attached hydrogens (tertiary/aromatic N) is 1. The topological polar surface area (TPSA) is 72.9 Å². The van der Waals surface area contributed by atoms with Gasteiger partial charge in [0.15, 0.2) is 5.75 Å². The number of ether oxygens (including phenoxy) is 2. The molecule has 0 bridgehead atoms. The molecular formula is C15H19NO5. The number of carbonyl (C=O) groups is 3. The number of hydrogen-bond donors (Lipinski definition) is 0. The smallest absolute Gasteiger partial charge is 0.326 e. The molecule has 1 amide bonds. The first-order chi connectivity index (χ1) is 9.99. The van der Waals surface area contributed by atoms with Crippen molar-refractivity contribution in [2.75, 3.05) is 18.1 Å². The lowest BCUT2D eigenvalue weighted by atomic mass is 10.2. The highest BCUT2D eigenvalue weighted by molar-refractivity contribution is 5.99. The average molecular weight is 293 g/mol. The van der Waals surface area contributed by atoms with Crippen molar-refractivity contribution in [1.29, 1.82) is 0 Å². The van der Waals surface area contributed by atoms with Crippen LogP contribution < -0.4 is 9.64 Å². The summed E-state index contributed by atoms with van der Waals surface area (Å²) < 4.78 is 9.95. The van der Waals surface area contributed by atoms with E-state index in [1.165, 1.54) is 11.8 Å². The molecular weight excluding hydrogens is 274 g/mol. The standard InChI is InChI=1S/C15H19NO5/c1-4-14(18)16(10-15(19)20-5-2)12-8-6-7-9-13(12)21-11(3)17/h6-9H,4-5,10H2,1-3H3. The highest BCUT2D eigenvalue weighted by Gasteiger charge is 2.22. The van der Waals surface area contributed by atoms with Crippen molar-refractivity contribution in [2.24, 2.45) is 0 Å². The fourth-order valence-electron chi connectivity index (χ4n) is 1.76. The summed E-state index contributed by atoms with van der Waals surface area (Å²) in [5, 5.41) is 0. The summed E-state index contributed by atoms with van der Waals surface area (Å²) in [6.45, 7) is 4.66. The molecule has 0 aliphatic heterocycles. The Morgan fingerprint density at radius 3 is 2.38 bits per heavy atom. The van der Waals surface area contributed by atoms with Gasteiger partial charge in [-0.05, 0) is 19.1 Å². The molecule has 0 unspecified atom stereocenters. The molecule has 6 nitrogen and oxygen atoms in total. The van der Waals surface area contributed by atoms with Gasteiger partial charge in [-0.15, -0.1) is 0 Å². The normalized spacial score (nSPS) is 9.86. The van der Waals surface area contributed by atoms with E-state index in [4.69, 9.17) is 9.47 Å². The van der Waals surface area contributed by atoms with Gasteiger partial charge in [-0.1, -0.05) is 19.1 Å². The molecule has 0 heterocycles. The highest BCUT2D eigenvalue weighted by Crippen LogP contribution is 2.28. The largest absolute Gasteiger partial charge is 0.465 e. The van der Waals surface area contributed by atoms with E-state index in [1.807, 2.05) is 0 Å². The molecule has 0 spiro atoms. The molecule has 1 rings (SSSR count). The molecule has 0 saturated carbocycles. The Balaban J connectivity index is 3.11. The molecule has 6 heteroatoms. The molecule has 114 valence electrons. The van der Waals surface area contributed by atoms with Crippen LogP contribution in [0.3, 0.4) is 0 Å². The van der Waals surface area contributed by atoms with Gasteiger partial charge in [0.25, 0.3) is 0 Å². The molecule has 1 aromatic carbocycles. The number of hydrogen-bond acceptors (Lipinski definition) is 5. The predicted octanol–water partition coefficient (Wildman–Crippen LogP) is 1.92. The monoisotopic (exact) mass is 293 g/mol. The Labute approximate surface area is 123 Å². The number of para-hydroxylation sites is 2.